The Labute approximate surface area is 391 Å². The van der Waals surface area contributed by atoms with E-state index in [0.717, 1.165) is 6.42 Å². The number of benzene rings is 3. The Kier molecular flexibility index (Phi) is 15.5. The lowest BCUT2D eigenvalue weighted by molar-refractivity contribution is -0.164. The lowest BCUT2D eigenvalue weighted by Gasteiger charge is -2.63. The molecule has 2 aliphatic rings. The summed E-state index contributed by atoms with van der Waals surface area (Å²) in [6, 6.07) is 15.8. The summed E-state index contributed by atoms with van der Waals surface area (Å²) in [5, 5.41) is 32.7. The van der Waals surface area contributed by atoms with Gasteiger partial charge in [-0.3, -0.25) is 19.2 Å². The standard InChI is InChI=1S/C50H61ClN6O9/c1-29-42(65-28-54-29)35-20-16-31(24-38(35)58)40(56-45(62)37-12-11-21-53-37)41(60)43(48(2,3)4)55-39(59)27-63-22-9-10-23-64-33-17-13-30(14-18-33)44(61)57-46-49(5,6)47(50(46,7)8)66-34-19-15-32(26-52)36(51)25-34/h13-20,24-25,28,37,40,43,46-47,53,58H,9-12,21-23,27H2,1-8H3,(H,55,59)(H,56,62)(H,57,61)/t37?,40?,43-,46?,47?/m1/s1. The molecule has 1 saturated carbocycles. The lowest BCUT2D eigenvalue weighted by Crippen LogP contribution is -2.74. The van der Waals surface area contributed by atoms with Gasteiger partial charge in [0.05, 0.1) is 40.5 Å². The Morgan fingerprint density at radius 3 is 2.29 bits per heavy atom. The van der Waals surface area contributed by atoms with Gasteiger partial charge in [0, 0.05) is 35.1 Å². The molecule has 1 aliphatic carbocycles. The minimum atomic E-state index is -1.18. The van der Waals surface area contributed by atoms with Crippen molar-refractivity contribution in [3.63, 3.8) is 0 Å². The first-order valence-electron chi connectivity index (χ1n) is 22.3. The predicted octanol–water partition coefficient (Wildman–Crippen LogP) is 7.38. The molecular weight excluding hydrogens is 864 g/mol. The number of rotatable bonds is 19. The fourth-order valence-corrected chi connectivity index (χ4v) is 9.42. The molecule has 66 heavy (non-hydrogen) atoms. The highest BCUT2D eigenvalue weighted by Gasteiger charge is 2.64. The molecule has 352 valence electrons. The highest BCUT2D eigenvalue weighted by atomic mass is 35.5. The van der Waals surface area contributed by atoms with Crippen molar-refractivity contribution < 1.29 is 42.9 Å². The molecule has 1 aliphatic heterocycles. The number of ether oxygens (including phenoxy) is 3. The fourth-order valence-electron chi connectivity index (χ4n) is 9.21. The quantitative estimate of drug-likeness (QED) is 0.0583. The predicted molar refractivity (Wildman–Crippen MR) is 248 cm³/mol. The minimum Gasteiger partial charge on any atom is -0.507 e. The highest BCUT2D eigenvalue weighted by molar-refractivity contribution is 6.31. The van der Waals surface area contributed by atoms with Crippen LogP contribution in [0.25, 0.3) is 11.3 Å². The third kappa shape index (κ3) is 11.3. The van der Waals surface area contributed by atoms with E-state index in [1.807, 2.05) is 20.8 Å². The topological polar surface area (TPSA) is 214 Å². The Balaban J connectivity index is 0.955. The maximum Gasteiger partial charge on any atom is 0.251 e. The van der Waals surface area contributed by atoms with Gasteiger partial charge < -0.3 is 45.0 Å². The summed E-state index contributed by atoms with van der Waals surface area (Å²) in [5.74, 6) is -0.0928. The number of phenols is 1. The van der Waals surface area contributed by atoms with Crippen molar-refractivity contribution in [2.75, 3.05) is 26.4 Å². The number of nitrogens with zero attached hydrogens (tertiary/aromatic N) is 2. The summed E-state index contributed by atoms with van der Waals surface area (Å²) in [4.78, 5) is 58.5. The molecule has 2 fully saturated rings. The van der Waals surface area contributed by atoms with Gasteiger partial charge in [-0.1, -0.05) is 66.1 Å². The van der Waals surface area contributed by atoms with Gasteiger partial charge in [0.2, 0.25) is 11.8 Å². The molecule has 1 aromatic heterocycles. The average molecular weight is 926 g/mol. The Morgan fingerprint density at radius 1 is 0.985 bits per heavy atom. The van der Waals surface area contributed by atoms with Crippen LogP contribution in [-0.2, 0) is 19.1 Å². The van der Waals surface area contributed by atoms with Gasteiger partial charge in [0.15, 0.2) is 17.9 Å². The van der Waals surface area contributed by atoms with Crippen LogP contribution in [0.5, 0.6) is 17.2 Å². The molecule has 2 unspecified atom stereocenters. The summed E-state index contributed by atoms with van der Waals surface area (Å²) in [6.07, 6.45) is 3.74. The molecule has 6 rings (SSSR count). The first-order valence-corrected chi connectivity index (χ1v) is 22.7. The third-order valence-electron chi connectivity index (χ3n) is 12.5. The van der Waals surface area contributed by atoms with Crippen LogP contribution in [0.1, 0.15) is 107 Å². The van der Waals surface area contributed by atoms with Gasteiger partial charge >= 0.3 is 0 Å². The number of aromatic hydroxyl groups is 1. The van der Waals surface area contributed by atoms with Crippen molar-refractivity contribution in [3.8, 4) is 34.6 Å². The molecule has 0 radical (unpaired) electrons. The summed E-state index contributed by atoms with van der Waals surface area (Å²) in [6.45, 7) is 16.5. The smallest absolute Gasteiger partial charge is 0.251 e. The van der Waals surface area contributed by atoms with E-state index in [0.29, 0.717) is 82.6 Å². The second kappa shape index (κ2) is 20.7. The molecule has 1 saturated heterocycles. The van der Waals surface area contributed by atoms with Crippen molar-refractivity contribution >= 4 is 35.1 Å². The molecule has 5 N–H and O–H groups in total. The average Bonchev–Trinajstić information content (AvgIpc) is 3.97. The summed E-state index contributed by atoms with van der Waals surface area (Å²) in [5.41, 5.74) is 0.624. The van der Waals surface area contributed by atoms with Crippen LogP contribution in [0, 0.1) is 34.5 Å². The largest absolute Gasteiger partial charge is 0.507 e. The number of unbranched alkanes of at least 4 members (excludes halogenated alkanes) is 1. The van der Waals surface area contributed by atoms with Crippen LogP contribution in [0.2, 0.25) is 5.02 Å². The van der Waals surface area contributed by atoms with Crippen LogP contribution in [0.15, 0.2) is 71.5 Å². The normalized spacial score (nSPS) is 19.4. The Hall–Kier alpha value is -5.95. The molecule has 2 heterocycles. The van der Waals surface area contributed by atoms with E-state index in [4.69, 9.17) is 30.2 Å². The number of nitrogens with one attached hydrogen (secondary N) is 4. The second-order valence-corrected chi connectivity index (χ2v) is 19.7. The highest BCUT2D eigenvalue weighted by Crippen LogP contribution is 2.55. The summed E-state index contributed by atoms with van der Waals surface area (Å²) in [7, 11) is 0. The van der Waals surface area contributed by atoms with Crippen molar-refractivity contribution in [2.24, 2.45) is 16.2 Å². The number of aryl methyl sites for hydroxylation is 1. The van der Waals surface area contributed by atoms with Crippen LogP contribution >= 0.6 is 11.6 Å². The van der Waals surface area contributed by atoms with Gasteiger partial charge in [0.1, 0.15) is 42.1 Å². The zero-order chi connectivity index (χ0) is 48.0. The molecule has 16 heteroatoms. The maximum absolute atomic E-state index is 14.4. The number of hydrogen-bond acceptors (Lipinski definition) is 12. The zero-order valence-electron chi connectivity index (χ0n) is 38.9. The van der Waals surface area contributed by atoms with Crippen LogP contribution < -0.4 is 30.7 Å². The number of nitriles is 1. The number of ketones is 1. The second-order valence-electron chi connectivity index (χ2n) is 19.3. The third-order valence-corrected chi connectivity index (χ3v) is 12.8. The number of carbonyl (C=O) groups excluding carboxylic acids is 4. The molecule has 4 aromatic rings. The van der Waals surface area contributed by atoms with Crippen molar-refractivity contribution in [1.82, 2.24) is 26.3 Å². The van der Waals surface area contributed by atoms with E-state index in [-0.39, 0.29) is 42.9 Å². The van der Waals surface area contributed by atoms with Crippen LogP contribution in [-0.4, -0.2) is 84.2 Å². The number of halogens is 1. The number of hydrogen-bond donors (Lipinski definition) is 5. The number of aromatic nitrogens is 1. The Morgan fingerprint density at radius 2 is 1.68 bits per heavy atom. The molecule has 3 atom stereocenters. The molecule has 3 amide bonds. The van der Waals surface area contributed by atoms with Crippen LogP contribution in [0.4, 0.5) is 0 Å². The van der Waals surface area contributed by atoms with Crippen molar-refractivity contribution in [2.45, 2.75) is 111 Å². The van der Waals surface area contributed by atoms with Gasteiger partial charge in [-0.05, 0) is 98.7 Å². The van der Waals surface area contributed by atoms with Gasteiger partial charge in [0.25, 0.3) is 5.91 Å². The number of phenolic OH excluding ortho intramolecular Hbond substituents is 1. The van der Waals surface area contributed by atoms with Gasteiger partial charge in [-0.25, -0.2) is 4.98 Å². The van der Waals surface area contributed by atoms with E-state index >= 15 is 0 Å². The number of amides is 3. The van der Waals surface area contributed by atoms with E-state index in [9.17, 15) is 29.5 Å². The molecule has 0 bridgehead atoms. The molecule has 15 nitrogen and oxygen atoms in total. The maximum atomic E-state index is 14.4. The minimum absolute atomic E-state index is 0.153. The van der Waals surface area contributed by atoms with E-state index < -0.39 is 46.1 Å². The van der Waals surface area contributed by atoms with Gasteiger partial charge in [-0.15, -0.1) is 0 Å². The fraction of sp³-hybridized carbons (Fsp3) is 0.480. The SMILES string of the molecule is Cc1ncoc1-c1ccc(C(NC(=O)C2CCCN2)C(=O)[C@@H](NC(=O)COCCCCOc2ccc(C(=O)NC3C(C)(C)C(Oc4ccc(C#N)c(Cl)c4)C3(C)C)cc2)C(C)(C)C)cc1O. The molecule has 3 aromatic carbocycles. The lowest BCUT2D eigenvalue weighted by atomic mass is 9.49. The monoisotopic (exact) mass is 924 g/mol. The number of Topliss-reactive ketones (excluding diaryl/α,β-unsaturated/α-hetero) is 1. The molecular formula is C50H61ClN6O9. The van der Waals surface area contributed by atoms with E-state index in [2.05, 4.69) is 60.0 Å². The van der Waals surface area contributed by atoms with Crippen molar-refractivity contribution in [3.05, 3.63) is 94.5 Å². The first-order chi connectivity index (χ1) is 31.2. The Bertz CT molecular complexity index is 2410. The zero-order valence-corrected chi connectivity index (χ0v) is 39.6. The van der Waals surface area contributed by atoms with Crippen LogP contribution in [0.3, 0.4) is 0 Å². The number of oxazole rings is 1. The summed E-state index contributed by atoms with van der Waals surface area (Å²) >= 11 is 6.23. The van der Waals surface area contributed by atoms with E-state index in [1.54, 1.807) is 61.5 Å². The van der Waals surface area contributed by atoms with E-state index in [1.165, 1.54) is 12.5 Å². The molecule has 0 spiro atoms. The first kappa shape index (κ1) is 49.5. The summed E-state index contributed by atoms with van der Waals surface area (Å²) < 4.78 is 23.4. The van der Waals surface area contributed by atoms with Gasteiger partial charge in [-0.2, -0.15) is 5.26 Å². The van der Waals surface area contributed by atoms with Crippen molar-refractivity contribution in [1.29, 1.82) is 5.26 Å². The number of carbonyl (C=O) groups is 4.